The molecule has 2 saturated carbocycles. The average molecular weight is 698 g/mol. The first-order valence-corrected chi connectivity index (χ1v) is 20.3. The number of hydrogen-bond donors (Lipinski definition) is 7. The fraction of sp³-hybridized carbons (Fsp3) is 0.892. The van der Waals surface area contributed by atoms with E-state index in [4.69, 9.17) is 0 Å². The Labute approximate surface area is 298 Å². The Hall–Kier alpha value is -2.16. The van der Waals surface area contributed by atoms with Gasteiger partial charge in [0.25, 0.3) is 0 Å². The molecule has 0 spiro atoms. The second kappa shape index (κ2) is 16.7. The summed E-state index contributed by atoms with van der Waals surface area (Å²) in [7, 11) is 0. The van der Waals surface area contributed by atoms with Crippen molar-refractivity contribution in [3.8, 4) is 0 Å². The predicted octanol–water partition coefficient (Wildman–Crippen LogP) is 1.12. The molecule has 5 heterocycles. The third-order valence-corrected chi connectivity index (χ3v) is 13.3. The number of carbonyl (C=O) groups excluding carboxylic acids is 4. The Morgan fingerprint density at radius 2 is 1.78 bits per heavy atom. The van der Waals surface area contributed by atoms with Gasteiger partial charge in [-0.15, -0.1) is 0 Å². The largest absolute Gasteiger partial charge is 0.356 e. The van der Waals surface area contributed by atoms with Crippen LogP contribution in [-0.2, 0) is 19.2 Å². The zero-order valence-electron chi connectivity index (χ0n) is 30.2. The monoisotopic (exact) mass is 698 g/mol. The summed E-state index contributed by atoms with van der Waals surface area (Å²) in [6, 6.07) is 0.396. The Kier molecular flexibility index (Phi) is 12.1. The van der Waals surface area contributed by atoms with E-state index >= 15 is 0 Å². The normalized spacial score (nSPS) is 39.3. The second-order valence-electron chi connectivity index (χ2n) is 16.5. The summed E-state index contributed by atoms with van der Waals surface area (Å²) < 4.78 is 0. The Bertz CT molecular complexity index is 1210. The number of nitrogens with zero attached hydrogens (tertiary/aromatic N) is 2. The molecule has 13 nitrogen and oxygen atoms in total. The highest BCUT2D eigenvalue weighted by atomic mass is 16.2. The molecule has 0 aromatic heterocycles. The average Bonchev–Trinajstić information content (AvgIpc) is 3.86. The molecule has 280 valence electrons. The lowest BCUT2D eigenvalue weighted by molar-refractivity contribution is -0.144. The van der Waals surface area contributed by atoms with Crippen LogP contribution in [0.2, 0.25) is 0 Å². The SMILES string of the molecule is CCCN1CC(C2NC(NC3CCC(C(=O)NCCCCCC4CCCC5C(=O)N(C6CCC(=O)NC6=O)CC45)CC3)NC3NCCC32)CN1. The Morgan fingerprint density at radius 3 is 2.60 bits per heavy atom. The number of carbonyl (C=O) groups is 4. The van der Waals surface area contributed by atoms with Gasteiger partial charge in [0.05, 0.1) is 6.17 Å². The minimum Gasteiger partial charge on any atom is -0.356 e. The molecule has 4 amide bonds. The standard InChI is InChI=1S/C37H63N9O4/c1-2-19-45-21-25(20-40-45)32-28-16-18-38-33(28)44-37(43-32)41-26-12-10-24(11-13-26)34(48)39-17-5-3-4-7-23-8-6-9-27-29(23)22-46(36(27)50)30-14-15-31(47)42-35(30)49/h23-30,32-33,37-38,40-41,43-44H,2-22H2,1H3,(H,39,48)(H,42,47,49). The van der Waals surface area contributed by atoms with Crippen LogP contribution in [0.15, 0.2) is 0 Å². The van der Waals surface area contributed by atoms with Gasteiger partial charge in [0.2, 0.25) is 23.6 Å². The lowest BCUT2D eigenvalue weighted by atomic mass is 9.72. The van der Waals surface area contributed by atoms with Crippen molar-refractivity contribution in [3.63, 3.8) is 0 Å². The van der Waals surface area contributed by atoms with Crippen molar-refractivity contribution < 1.29 is 19.2 Å². The smallest absolute Gasteiger partial charge is 0.249 e. The van der Waals surface area contributed by atoms with Crippen LogP contribution in [0.1, 0.15) is 103 Å². The first-order chi connectivity index (χ1) is 24.4. The zero-order chi connectivity index (χ0) is 34.6. The van der Waals surface area contributed by atoms with Gasteiger partial charge in [-0.05, 0) is 76.2 Å². The minimum absolute atomic E-state index is 0.0267. The molecule has 0 bridgehead atoms. The van der Waals surface area contributed by atoms with Crippen LogP contribution in [0.25, 0.3) is 0 Å². The van der Waals surface area contributed by atoms with Gasteiger partial charge in [0, 0.05) is 74.9 Å². The number of amides is 4. The van der Waals surface area contributed by atoms with Crippen molar-refractivity contribution >= 4 is 23.6 Å². The van der Waals surface area contributed by atoms with Crippen LogP contribution in [-0.4, -0.2) is 103 Å². The zero-order valence-corrected chi connectivity index (χ0v) is 30.2. The molecule has 0 aromatic rings. The van der Waals surface area contributed by atoms with Gasteiger partial charge >= 0.3 is 0 Å². The minimum atomic E-state index is -0.492. The molecule has 0 aromatic carbocycles. The van der Waals surface area contributed by atoms with E-state index in [9.17, 15) is 19.2 Å². The van der Waals surface area contributed by atoms with Crippen LogP contribution in [0.3, 0.4) is 0 Å². The van der Waals surface area contributed by atoms with Crippen molar-refractivity contribution in [2.24, 2.45) is 35.5 Å². The summed E-state index contributed by atoms with van der Waals surface area (Å²) in [5.74, 6) is 1.95. The van der Waals surface area contributed by atoms with Crippen molar-refractivity contribution in [2.75, 3.05) is 39.3 Å². The van der Waals surface area contributed by atoms with Crippen molar-refractivity contribution in [1.82, 2.24) is 47.2 Å². The van der Waals surface area contributed by atoms with Crippen molar-refractivity contribution in [3.05, 3.63) is 0 Å². The maximum absolute atomic E-state index is 13.3. The maximum atomic E-state index is 13.3. The molecule has 7 fully saturated rings. The summed E-state index contributed by atoms with van der Waals surface area (Å²) in [6.45, 7) is 7.95. The van der Waals surface area contributed by atoms with Gasteiger partial charge in [-0.3, -0.25) is 45.9 Å². The molecule has 9 atom stereocenters. The Balaban J connectivity index is 0.779. The van der Waals surface area contributed by atoms with Gasteiger partial charge < -0.3 is 15.5 Å². The molecular weight excluding hydrogens is 634 g/mol. The summed E-state index contributed by atoms with van der Waals surface area (Å²) in [6.07, 6.45) is 14.8. The quantitative estimate of drug-likeness (QED) is 0.110. The predicted molar refractivity (Wildman–Crippen MR) is 190 cm³/mol. The molecule has 50 heavy (non-hydrogen) atoms. The molecule has 7 rings (SSSR count). The molecular formula is C37H63N9O4. The number of hydrogen-bond acceptors (Lipinski definition) is 10. The van der Waals surface area contributed by atoms with Gasteiger partial charge in [-0.2, -0.15) is 0 Å². The number of hydrazine groups is 1. The summed E-state index contributed by atoms with van der Waals surface area (Å²) in [5, 5.41) is 23.4. The van der Waals surface area contributed by atoms with E-state index in [0.717, 1.165) is 103 Å². The van der Waals surface area contributed by atoms with E-state index in [2.05, 4.69) is 49.3 Å². The van der Waals surface area contributed by atoms with Gasteiger partial charge in [0.1, 0.15) is 12.3 Å². The van der Waals surface area contributed by atoms with E-state index in [1.807, 2.05) is 0 Å². The van der Waals surface area contributed by atoms with Crippen molar-refractivity contribution in [1.29, 1.82) is 0 Å². The number of fused-ring (bicyclic) bond motifs is 2. The van der Waals surface area contributed by atoms with E-state index < -0.39 is 6.04 Å². The van der Waals surface area contributed by atoms with E-state index in [1.165, 1.54) is 12.8 Å². The summed E-state index contributed by atoms with van der Waals surface area (Å²) >= 11 is 0. The van der Waals surface area contributed by atoms with Gasteiger partial charge in [-0.25, -0.2) is 5.01 Å². The first kappa shape index (κ1) is 36.2. The highest BCUT2D eigenvalue weighted by molar-refractivity contribution is 6.02. The molecule has 0 radical (unpaired) electrons. The lowest BCUT2D eigenvalue weighted by Gasteiger charge is -2.45. The van der Waals surface area contributed by atoms with Crippen molar-refractivity contribution in [2.45, 2.75) is 134 Å². The molecule has 5 aliphatic heterocycles. The number of likely N-dealkylation sites (tertiary alicyclic amines) is 1. The number of piperidine rings is 1. The van der Waals surface area contributed by atoms with Gasteiger partial charge in [0.15, 0.2) is 0 Å². The molecule has 7 N–H and O–H groups in total. The fourth-order valence-electron chi connectivity index (χ4n) is 10.7. The highest BCUT2D eigenvalue weighted by Crippen LogP contribution is 2.44. The Morgan fingerprint density at radius 1 is 0.920 bits per heavy atom. The first-order valence-electron chi connectivity index (χ1n) is 20.3. The molecule has 2 aliphatic carbocycles. The van der Waals surface area contributed by atoms with E-state index in [0.29, 0.717) is 61.3 Å². The molecule has 13 heteroatoms. The van der Waals surface area contributed by atoms with E-state index in [1.54, 1.807) is 4.90 Å². The third kappa shape index (κ3) is 8.23. The molecule has 9 unspecified atom stereocenters. The second-order valence-corrected chi connectivity index (χ2v) is 16.5. The maximum Gasteiger partial charge on any atom is 0.249 e. The molecule has 7 aliphatic rings. The number of nitrogens with one attached hydrogen (secondary N) is 7. The molecule has 5 saturated heterocycles. The van der Waals surface area contributed by atoms with Crippen LogP contribution < -0.4 is 37.3 Å². The van der Waals surface area contributed by atoms with Crippen LogP contribution in [0.4, 0.5) is 0 Å². The summed E-state index contributed by atoms with van der Waals surface area (Å²) in [5.41, 5.74) is 3.62. The number of rotatable bonds is 13. The third-order valence-electron chi connectivity index (χ3n) is 13.3. The summed E-state index contributed by atoms with van der Waals surface area (Å²) in [4.78, 5) is 52.2. The van der Waals surface area contributed by atoms with Gasteiger partial charge in [-0.1, -0.05) is 39.0 Å². The highest BCUT2D eigenvalue weighted by Gasteiger charge is 2.49. The number of unbranched alkanes of at least 4 members (excludes halogenated alkanes) is 2. The topological polar surface area (TPSA) is 159 Å². The van der Waals surface area contributed by atoms with E-state index in [-0.39, 0.29) is 41.8 Å². The number of imide groups is 1. The van der Waals surface area contributed by atoms with Crippen LogP contribution >= 0.6 is 0 Å². The fourth-order valence-corrected chi connectivity index (χ4v) is 10.7. The van der Waals surface area contributed by atoms with Crippen LogP contribution in [0.5, 0.6) is 0 Å². The lowest BCUT2D eigenvalue weighted by Crippen LogP contribution is -2.71. The van der Waals surface area contributed by atoms with Crippen LogP contribution in [0, 0.1) is 35.5 Å².